The number of rotatable bonds is 2. The molecule has 0 fully saturated rings. The number of benzene rings is 1. The SMILES string of the molecule is COc1cc(C(C)C)c(N)cc1C.Cl. The second-order valence-corrected chi connectivity index (χ2v) is 3.61. The number of methoxy groups -OCH3 is 1. The lowest BCUT2D eigenvalue weighted by Crippen LogP contribution is -1.99. The summed E-state index contributed by atoms with van der Waals surface area (Å²) in [4.78, 5) is 0. The van der Waals surface area contributed by atoms with Crippen LogP contribution in [0.4, 0.5) is 5.69 Å². The van der Waals surface area contributed by atoms with Crippen molar-refractivity contribution in [2.24, 2.45) is 0 Å². The van der Waals surface area contributed by atoms with Gasteiger partial charge in [-0.05, 0) is 36.1 Å². The average molecular weight is 216 g/mol. The number of nitrogen functional groups attached to an aromatic ring is 1. The van der Waals surface area contributed by atoms with Crippen LogP contribution in [-0.4, -0.2) is 7.11 Å². The zero-order chi connectivity index (χ0) is 10.0. The summed E-state index contributed by atoms with van der Waals surface area (Å²) >= 11 is 0. The summed E-state index contributed by atoms with van der Waals surface area (Å²) in [5.41, 5.74) is 8.99. The Labute approximate surface area is 91.9 Å². The number of aryl methyl sites for hydroxylation is 1. The molecule has 0 heterocycles. The monoisotopic (exact) mass is 215 g/mol. The predicted molar refractivity (Wildman–Crippen MR) is 63.5 cm³/mol. The van der Waals surface area contributed by atoms with Crippen molar-refractivity contribution in [3.05, 3.63) is 23.3 Å². The van der Waals surface area contributed by atoms with Crippen molar-refractivity contribution in [3.8, 4) is 5.75 Å². The Morgan fingerprint density at radius 2 is 1.86 bits per heavy atom. The molecule has 0 amide bonds. The standard InChI is InChI=1S/C11H17NO.ClH/c1-7(2)9-6-11(13-4)8(3)5-10(9)12;/h5-7H,12H2,1-4H3;1H. The molecule has 0 aliphatic heterocycles. The van der Waals surface area contributed by atoms with E-state index >= 15 is 0 Å². The van der Waals surface area contributed by atoms with E-state index in [9.17, 15) is 0 Å². The van der Waals surface area contributed by atoms with Crippen LogP contribution in [0.2, 0.25) is 0 Å². The minimum atomic E-state index is 0. The smallest absolute Gasteiger partial charge is 0.122 e. The highest BCUT2D eigenvalue weighted by molar-refractivity contribution is 5.85. The Hall–Kier alpha value is -0.890. The summed E-state index contributed by atoms with van der Waals surface area (Å²) in [5, 5.41) is 0. The third kappa shape index (κ3) is 2.55. The zero-order valence-corrected chi connectivity index (χ0v) is 9.94. The van der Waals surface area contributed by atoms with Gasteiger partial charge >= 0.3 is 0 Å². The highest BCUT2D eigenvalue weighted by Crippen LogP contribution is 2.29. The molecule has 2 nitrogen and oxygen atoms in total. The maximum absolute atomic E-state index is 5.89. The number of anilines is 1. The Balaban J connectivity index is 0.00000169. The van der Waals surface area contributed by atoms with Gasteiger partial charge in [0.2, 0.25) is 0 Å². The van der Waals surface area contributed by atoms with Gasteiger partial charge in [-0.3, -0.25) is 0 Å². The van der Waals surface area contributed by atoms with Gasteiger partial charge in [-0.15, -0.1) is 12.4 Å². The molecule has 0 spiro atoms. The van der Waals surface area contributed by atoms with E-state index in [1.54, 1.807) is 7.11 Å². The third-order valence-corrected chi connectivity index (χ3v) is 2.22. The van der Waals surface area contributed by atoms with Gasteiger partial charge in [0.15, 0.2) is 0 Å². The Bertz CT molecular complexity index is 310. The van der Waals surface area contributed by atoms with E-state index in [2.05, 4.69) is 13.8 Å². The fourth-order valence-electron chi connectivity index (χ4n) is 1.45. The van der Waals surface area contributed by atoms with Gasteiger partial charge in [-0.1, -0.05) is 13.8 Å². The second-order valence-electron chi connectivity index (χ2n) is 3.61. The predicted octanol–water partition coefficient (Wildman–Crippen LogP) is 3.13. The van der Waals surface area contributed by atoms with Crippen molar-refractivity contribution in [2.45, 2.75) is 26.7 Å². The van der Waals surface area contributed by atoms with Gasteiger partial charge in [0.1, 0.15) is 5.75 Å². The van der Waals surface area contributed by atoms with Crippen LogP contribution in [0.1, 0.15) is 30.9 Å². The molecular formula is C11H18ClNO. The van der Waals surface area contributed by atoms with Crippen molar-refractivity contribution >= 4 is 18.1 Å². The van der Waals surface area contributed by atoms with Gasteiger partial charge in [-0.2, -0.15) is 0 Å². The molecule has 80 valence electrons. The van der Waals surface area contributed by atoms with Crippen LogP contribution in [0, 0.1) is 6.92 Å². The summed E-state index contributed by atoms with van der Waals surface area (Å²) in [5.74, 6) is 1.35. The number of halogens is 1. The van der Waals surface area contributed by atoms with Crippen LogP contribution in [0.25, 0.3) is 0 Å². The Kier molecular flexibility index (Phi) is 4.78. The molecule has 0 aliphatic rings. The minimum Gasteiger partial charge on any atom is -0.496 e. The first kappa shape index (κ1) is 13.1. The molecule has 1 aromatic carbocycles. The second kappa shape index (κ2) is 5.11. The molecule has 2 N–H and O–H groups in total. The lowest BCUT2D eigenvalue weighted by molar-refractivity contribution is 0.411. The normalized spacial score (nSPS) is 9.79. The van der Waals surface area contributed by atoms with Crippen molar-refractivity contribution in [3.63, 3.8) is 0 Å². The summed E-state index contributed by atoms with van der Waals surface area (Å²) in [6, 6.07) is 3.99. The molecule has 1 aromatic rings. The van der Waals surface area contributed by atoms with Crippen molar-refractivity contribution < 1.29 is 4.74 Å². The Morgan fingerprint density at radius 1 is 1.29 bits per heavy atom. The van der Waals surface area contributed by atoms with Crippen molar-refractivity contribution in [1.82, 2.24) is 0 Å². The first-order chi connectivity index (χ1) is 6.06. The van der Waals surface area contributed by atoms with Crippen LogP contribution in [0.3, 0.4) is 0 Å². The van der Waals surface area contributed by atoms with Crippen molar-refractivity contribution in [1.29, 1.82) is 0 Å². The molecule has 3 heteroatoms. The van der Waals surface area contributed by atoms with Gasteiger partial charge in [0.25, 0.3) is 0 Å². The maximum Gasteiger partial charge on any atom is 0.122 e. The molecule has 0 aliphatic carbocycles. The van der Waals surface area contributed by atoms with E-state index in [0.29, 0.717) is 5.92 Å². The zero-order valence-electron chi connectivity index (χ0n) is 9.13. The van der Waals surface area contributed by atoms with Crippen LogP contribution < -0.4 is 10.5 Å². The molecule has 0 aromatic heterocycles. The van der Waals surface area contributed by atoms with Crippen molar-refractivity contribution in [2.75, 3.05) is 12.8 Å². The average Bonchev–Trinajstić information content (AvgIpc) is 2.03. The molecule has 14 heavy (non-hydrogen) atoms. The highest BCUT2D eigenvalue weighted by atomic mass is 35.5. The first-order valence-corrected chi connectivity index (χ1v) is 4.50. The molecule has 1 rings (SSSR count). The summed E-state index contributed by atoms with van der Waals surface area (Å²) in [6.07, 6.45) is 0. The molecule has 0 bridgehead atoms. The third-order valence-electron chi connectivity index (χ3n) is 2.22. The maximum atomic E-state index is 5.89. The fourth-order valence-corrected chi connectivity index (χ4v) is 1.45. The van der Waals surface area contributed by atoms with E-state index in [-0.39, 0.29) is 12.4 Å². The number of ether oxygens (including phenoxy) is 1. The van der Waals surface area contributed by atoms with Crippen LogP contribution in [0.5, 0.6) is 5.75 Å². The molecule has 0 saturated carbocycles. The van der Waals surface area contributed by atoms with Crippen LogP contribution in [-0.2, 0) is 0 Å². The molecule has 0 atom stereocenters. The van der Waals surface area contributed by atoms with Gasteiger partial charge < -0.3 is 10.5 Å². The van der Waals surface area contributed by atoms with Crippen LogP contribution in [0.15, 0.2) is 12.1 Å². The van der Waals surface area contributed by atoms with Gasteiger partial charge in [0.05, 0.1) is 7.11 Å². The molecule has 0 radical (unpaired) electrons. The van der Waals surface area contributed by atoms with Gasteiger partial charge in [0, 0.05) is 5.69 Å². The number of nitrogens with two attached hydrogens (primary N) is 1. The summed E-state index contributed by atoms with van der Waals surface area (Å²) < 4.78 is 5.24. The first-order valence-electron chi connectivity index (χ1n) is 4.50. The number of hydrogen-bond acceptors (Lipinski definition) is 2. The quantitative estimate of drug-likeness (QED) is 0.770. The van der Waals surface area contributed by atoms with E-state index in [4.69, 9.17) is 10.5 Å². The summed E-state index contributed by atoms with van der Waals surface area (Å²) in [7, 11) is 1.68. The van der Waals surface area contributed by atoms with E-state index < -0.39 is 0 Å². The lowest BCUT2D eigenvalue weighted by atomic mass is 9.99. The largest absolute Gasteiger partial charge is 0.496 e. The van der Waals surface area contributed by atoms with Crippen LogP contribution >= 0.6 is 12.4 Å². The van der Waals surface area contributed by atoms with E-state index in [0.717, 1.165) is 22.6 Å². The molecule has 0 saturated heterocycles. The molecular weight excluding hydrogens is 198 g/mol. The summed E-state index contributed by atoms with van der Waals surface area (Å²) in [6.45, 7) is 6.25. The van der Waals surface area contributed by atoms with Gasteiger partial charge in [-0.25, -0.2) is 0 Å². The topological polar surface area (TPSA) is 35.2 Å². The number of hydrogen-bond donors (Lipinski definition) is 1. The minimum absolute atomic E-state index is 0. The molecule has 0 unspecified atom stereocenters. The lowest BCUT2D eigenvalue weighted by Gasteiger charge is -2.13. The van der Waals surface area contributed by atoms with E-state index in [1.165, 1.54) is 0 Å². The fraction of sp³-hybridized carbons (Fsp3) is 0.455. The Morgan fingerprint density at radius 3 is 2.29 bits per heavy atom. The van der Waals surface area contributed by atoms with E-state index in [1.807, 2.05) is 19.1 Å². The highest BCUT2D eigenvalue weighted by Gasteiger charge is 2.08.